The van der Waals surface area contributed by atoms with Gasteiger partial charge in [0.25, 0.3) is 0 Å². The summed E-state index contributed by atoms with van der Waals surface area (Å²) in [4.78, 5) is 12.1. The highest BCUT2D eigenvalue weighted by atomic mass is 32.1. The van der Waals surface area contributed by atoms with E-state index in [0.29, 0.717) is 12.5 Å². The lowest BCUT2D eigenvalue weighted by atomic mass is 10.2. The van der Waals surface area contributed by atoms with Crippen molar-refractivity contribution in [1.82, 2.24) is 15.0 Å². The number of thiophene rings is 1. The van der Waals surface area contributed by atoms with Gasteiger partial charge in [-0.25, -0.2) is 0 Å². The van der Waals surface area contributed by atoms with Crippen molar-refractivity contribution in [3.8, 4) is 12.0 Å². The highest BCUT2D eigenvalue weighted by Crippen LogP contribution is 2.16. The number of nitrogens with zero attached hydrogens (tertiary/aromatic N) is 3. The first-order valence-electron chi connectivity index (χ1n) is 5.32. The molecule has 0 aliphatic rings. The molecule has 0 aliphatic heterocycles. The maximum Gasteiger partial charge on any atom is 0.324 e. The van der Waals surface area contributed by atoms with Gasteiger partial charge in [-0.1, -0.05) is 0 Å². The van der Waals surface area contributed by atoms with Gasteiger partial charge in [-0.15, -0.1) is 4.98 Å². The van der Waals surface area contributed by atoms with Crippen molar-refractivity contribution in [2.75, 3.05) is 19.5 Å². The van der Waals surface area contributed by atoms with E-state index in [0.717, 1.165) is 0 Å². The van der Waals surface area contributed by atoms with E-state index in [9.17, 15) is 0 Å². The lowest BCUT2D eigenvalue weighted by Crippen LogP contribution is -2.07. The quantitative estimate of drug-likeness (QED) is 0.891. The minimum absolute atomic E-state index is 0.228. The van der Waals surface area contributed by atoms with Crippen LogP contribution in [0.3, 0.4) is 0 Å². The van der Waals surface area contributed by atoms with Gasteiger partial charge < -0.3 is 14.8 Å². The summed E-state index contributed by atoms with van der Waals surface area (Å²) in [7, 11) is 3.00. The van der Waals surface area contributed by atoms with Gasteiger partial charge in [0, 0.05) is 6.54 Å². The van der Waals surface area contributed by atoms with Crippen LogP contribution in [0.2, 0.25) is 0 Å². The number of aryl methyl sites for hydroxylation is 1. The van der Waals surface area contributed by atoms with Gasteiger partial charge in [0.05, 0.1) is 14.2 Å². The summed E-state index contributed by atoms with van der Waals surface area (Å²) < 4.78 is 9.96. The van der Waals surface area contributed by atoms with Crippen LogP contribution in [0.4, 0.5) is 5.95 Å². The van der Waals surface area contributed by atoms with Crippen LogP contribution in [-0.4, -0.2) is 29.2 Å². The molecule has 0 radical (unpaired) electrons. The fraction of sp³-hybridized carbons (Fsp3) is 0.364. The molecular weight excluding hydrogens is 252 g/mol. The Balaban J connectivity index is 2.11. The molecule has 0 saturated heterocycles. The van der Waals surface area contributed by atoms with Crippen molar-refractivity contribution < 1.29 is 9.47 Å². The predicted molar refractivity (Wildman–Crippen MR) is 69.3 cm³/mol. The van der Waals surface area contributed by atoms with Gasteiger partial charge in [-0.3, -0.25) is 0 Å². The average Bonchev–Trinajstić information content (AvgIpc) is 2.81. The minimum atomic E-state index is 0.228. The number of aromatic nitrogens is 3. The zero-order valence-corrected chi connectivity index (χ0v) is 11.2. The Kier molecular flexibility index (Phi) is 3.93. The van der Waals surface area contributed by atoms with Crippen molar-refractivity contribution in [2.24, 2.45) is 0 Å². The third-order valence-corrected chi connectivity index (χ3v) is 3.27. The second-order valence-corrected chi connectivity index (χ2v) is 4.31. The molecule has 0 fully saturated rings. The molecule has 0 amide bonds. The monoisotopic (exact) mass is 266 g/mol. The first kappa shape index (κ1) is 12.6. The van der Waals surface area contributed by atoms with E-state index in [-0.39, 0.29) is 12.0 Å². The van der Waals surface area contributed by atoms with Gasteiger partial charge in [0.1, 0.15) is 0 Å². The first-order valence-corrected chi connectivity index (χ1v) is 6.27. The van der Waals surface area contributed by atoms with Crippen molar-refractivity contribution >= 4 is 17.3 Å². The van der Waals surface area contributed by atoms with Crippen LogP contribution < -0.4 is 14.8 Å². The highest BCUT2D eigenvalue weighted by Gasteiger charge is 2.07. The smallest absolute Gasteiger partial charge is 0.324 e. The van der Waals surface area contributed by atoms with Crippen molar-refractivity contribution in [3.63, 3.8) is 0 Å². The van der Waals surface area contributed by atoms with Gasteiger partial charge in [0.2, 0.25) is 5.95 Å². The van der Waals surface area contributed by atoms with E-state index in [1.807, 2.05) is 0 Å². The van der Waals surface area contributed by atoms with E-state index in [1.165, 1.54) is 25.3 Å². The SMILES string of the molecule is COc1nc(NCc2cscc2C)nc(OC)n1. The summed E-state index contributed by atoms with van der Waals surface area (Å²) in [6.07, 6.45) is 0. The second kappa shape index (κ2) is 5.63. The lowest BCUT2D eigenvalue weighted by molar-refractivity contribution is 0.341. The van der Waals surface area contributed by atoms with Gasteiger partial charge in [-0.05, 0) is 28.8 Å². The molecule has 7 heteroatoms. The zero-order chi connectivity index (χ0) is 13.0. The number of nitrogens with one attached hydrogen (secondary N) is 1. The first-order chi connectivity index (χ1) is 8.72. The highest BCUT2D eigenvalue weighted by molar-refractivity contribution is 7.08. The van der Waals surface area contributed by atoms with E-state index in [2.05, 4.69) is 38.0 Å². The van der Waals surface area contributed by atoms with Gasteiger partial charge >= 0.3 is 12.0 Å². The predicted octanol–water partition coefficient (Wildman–Crippen LogP) is 1.87. The third-order valence-electron chi connectivity index (χ3n) is 2.36. The molecule has 0 unspecified atom stereocenters. The number of rotatable bonds is 5. The topological polar surface area (TPSA) is 69.2 Å². The number of hydrogen-bond acceptors (Lipinski definition) is 7. The molecule has 0 aromatic carbocycles. The largest absolute Gasteiger partial charge is 0.467 e. The Morgan fingerprint density at radius 3 is 2.28 bits per heavy atom. The maximum atomic E-state index is 4.98. The summed E-state index contributed by atoms with van der Waals surface area (Å²) in [5.41, 5.74) is 2.47. The van der Waals surface area contributed by atoms with Crippen LogP contribution >= 0.6 is 11.3 Å². The molecule has 0 bridgehead atoms. The number of anilines is 1. The standard InChI is InChI=1S/C11H14N4O2S/c1-7-5-18-6-8(7)4-12-9-13-10(16-2)15-11(14-9)17-3/h5-6H,4H2,1-3H3,(H,12,13,14,15). The molecule has 0 spiro atoms. The molecule has 2 heterocycles. The summed E-state index contributed by atoms with van der Waals surface area (Å²) in [5.74, 6) is 0.435. The fourth-order valence-electron chi connectivity index (χ4n) is 1.34. The summed E-state index contributed by atoms with van der Waals surface area (Å²) >= 11 is 1.67. The molecule has 96 valence electrons. The summed E-state index contributed by atoms with van der Waals surface area (Å²) in [5, 5.41) is 7.32. The summed E-state index contributed by atoms with van der Waals surface area (Å²) in [6.45, 7) is 2.73. The molecule has 0 saturated carbocycles. The van der Waals surface area contributed by atoms with Crippen molar-refractivity contribution in [1.29, 1.82) is 0 Å². The molecule has 1 N–H and O–H groups in total. The Morgan fingerprint density at radius 2 is 1.78 bits per heavy atom. The molecule has 18 heavy (non-hydrogen) atoms. The van der Waals surface area contributed by atoms with Crippen molar-refractivity contribution in [2.45, 2.75) is 13.5 Å². The maximum absolute atomic E-state index is 4.98. The number of methoxy groups -OCH3 is 2. The molecular formula is C11H14N4O2S. The number of ether oxygens (including phenoxy) is 2. The average molecular weight is 266 g/mol. The Hall–Kier alpha value is -1.89. The molecule has 6 nitrogen and oxygen atoms in total. The number of hydrogen-bond donors (Lipinski definition) is 1. The van der Waals surface area contributed by atoms with Crippen LogP contribution in [0.1, 0.15) is 11.1 Å². The summed E-state index contributed by atoms with van der Waals surface area (Å²) in [6, 6.07) is 0.456. The molecule has 0 atom stereocenters. The van der Waals surface area contributed by atoms with E-state index in [1.54, 1.807) is 11.3 Å². The molecule has 2 aromatic heterocycles. The van der Waals surface area contributed by atoms with E-state index >= 15 is 0 Å². The van der Waals surface area contributed by atoms with Crippen LogP contribution in [0, 0.1) is 6.92 Å². The Bertz CT molecular complexity index is 507. The third kappa shape index (κ3) is 2.86. The second-order valence-electron chi connectivity index (χ2n) is 3.57. The fourth-order valence-corrected chi connectivity index (χ4v) is 2.20. The van der Waals surface area contributed by atoms with E-state index < -0.39 is 0 Å². The molecule has 2 rings (SSSR count). The Morgan fingerprint density at radius 1 is 1.11 bits per heavy atom. The Labute approximate surface area is 109 Å². The van der Waals surface area contributed by atoms with Gasteiger partial charge in [0.15, 0.2) is 0 Å². The van der Waals surface area contributed by atoms with E-state index in [4.69, 9.17) is 9.47 Å². The normalized spacial score (nSPS) is 10.2. The van der Waals surface area contributed by atoms with Crippen LogP contribution in [0.15, 0.2) is 10.8 Å². The van der Waals surface area contributed by atoms with Crippen LogP contribution in [-0.2, 0) is 6.54 Å². The van der Waals surface area contributed by atoms with Gasteiger partial charge in [-0.2, -0.15) is 21.3 Å². The lowest BCUT2D eigenvalue weighted by Gasteiger charge is -2.07. The molecule has 2 aromatic rings. The van der Waals surface area contributed by atoms with Crippen LogP contribution in [0.25, 0.3) is 0 Å². The van der Waals surface area contributed by atoms with Crippen molar-refractivity contribution in [3.05, 3.63) is 21.9 Å². The zero-order valence-electron chi connectivity index (χ0n) is 10.4. The molecule has 0 aliphatic carbocycles. The van der Waals surface area contributed by atoms with Crippen LogP contribution in [0.5, 0.6) is 12.0 Å². The minimum Gasteiger partial charge on any atom is -0.467 e.